The van der Waals surface area contributed by atoms with E-state index >= 15 is 0 Å². The Morgan fingerprint density at radius 2 is 1.41 bits per heavy atom. The van der Waals surface area contributed by atoms with Gasteiger partial charge >= 0.3 is 5.97 Å². The summed E-state index contributed by atoms with van der Waals surface area (Å²) in [5, 5.41) is 22.9. The molecule has 0 unspecified atom stereocenters. The van der Waals surface area contributed by atoms with E-state index in [0.29, 0.717) is 10.6 Å². The number of hydrogen-bond donors (Lipinski definition) is 0. The first-order chi connectivity index (χ1) is 15.2. The van der Waals surface area contributed by atoms with Gasteiger partial charge in [0.25, 0.3) is 11.4 Å². The summed E-state index contributed by atoms with van der Waals surface area (Å²) in [6.07, 6.45) is -1.41. The highest BCUT2D eigenvalue weighted by atomic mass is 79.9. The largest absolute Gasteiger partial charge is 0.445 e. The van der Waals surface area contributed by atoms with Crippen LogP contribution in [0.4, 0.5) is 11.4 Å². The Hall–Kier alpha value is -3.63. The summed E-state index contributed by atoms with van der Waals surface area (Å²) in [6, 6.07) is 15.7. The predicted molar refractivity (Wildman–Crippen MR) is 118 cm³/mol. The van der Waals surface area contributed by atoms with Gasteiger partial charge < -0.3 is 4.74 Å². The van der Waals surface area contributed by atoms with Gasteiger partial charge in [-0.3, -0.25) is 25.0 Å². The van der Waals surface area contributed by atoms with Crippen LogP contribution in [0.2, 0.25) is 5.02 Å². The van der Waals surface area contributed by atoms with Gasteiger partial charge in [-0.05, 0) is 28.1 Å². The smallest absolute Gasteiger partial charge is 0.339 e. The number of nitro groups is 2. The van der Waals surface area contributed by atoms with E-state index in [0.717, 1.165) is 12.1 Å². The van der Waals surface area contributed by atoms with Crippen LogP contribution in [0.15, 0.2) is 71.2 Å². The van der Waals surface area contributed by atoms with Gasteiger partial charge in [-0.15, -0.1) is 0 Å². The molecule has 11 heteroatoms. The standard InChI is InChI=1S/C21H12BrClN2O7/c22-18-16(24(28)29)10-14(11-17(18)25(30)31)21(27)32-20(13-6-8-15(23)9-7-13)19(26)12-4-2-1-3-5-12/h1-11,20H/t20-/m1/s1. The van der Waals surface area contributed by atoms with Crippen LogP contribution in [-0.4, -0.2) is 21.6 Å². The monoisotopic (exact) mass is 518 g/mol. The molecule has 3 rings (SSSR count). The number of carbonyl (C=O) groups is 2. The maximum atomic E-state index is 13.1. The highest BCUT2D eigenvalue weighted by Crippen LogP contribution is 2.36. The summed E-state index contributed by atoms with van der Waals surface area (Å²) in [5.74, 6) is -1.70. The molecular formula is C21H12BrClN2O7. The highest BCUT2D eigenvalue weighted by Gasteiger charge is 2.31. The molecule has 0 fully saturated rings. The van der Waals surface area contributed by atoms with Gasteiger partial charge in [-0.25, -0.2) is 4.79 Å². The van der Waals surface area contributed by atoms with E-state index in [-0.39, 0.29) is 5.56 Å². The third-order valence-corrected chi connectivity index (χ3v) is 5.42. The van der Waals surface area contributed by atoms with E-state index < -0.39 is 49.1 Å². The van der Waals surface area contributed by atoms with Gasteiger partial charge in [0.05, 0.1) is 15.4 Å². The van der Waals surface area contributed by atoms with Crippen LogP contribution in [-0.2, 0) is 4.74 Å². The van der Waals surface area contributed by atoms with E-state index in [2.05, 4.69) is 15.9 Å². The number of hydrogen-bond acceptors (Lipinski definition) is 7. The zero-order valence-corrected chi connectivity index (χ0v) is 18.3. The molecule has 0 heterocycles. The molecule has 0 saturated heterocycles. The number of carbonyl (C=O) groups excluding carboxylic acids is 2. The number of benzene rings is 3. The normalized spacial score (nSPS) is 11.4. The molecule has 0 radical (unpaired) electrons. The molecule has 0 spiro atoms. The molecule has 1 atom stereocenters. The number of halogens is 2. The van der Waals surface area contributed by atoms with Crippen LogP contribution in [0.25, 0.3) is 0 Å². The summed E-state index contributed by atoms with van der Waals surface area (Å²) >= 11 is 8.71. The molecule has 9 nitrogen and oxygen atoms in total. The van der Waals surface area contributed by atoms with E-state index in [9.17, 15) is 29.8 Å². The molecule has 0 N–H and O–H groups in total. The first-order valence-electron chi connectivity index (χ1n) is 8.87. The fourth-order valence-electron chi connectivity index (χ4n) is 2.82. The summed E-state index contributed by atoms with van der Waals surface area (Å²) in [6.45, 7) is 0. The maximum absolute atomic E-state index is 13.1. The van der Waals surface area contributed by atoms with Crippen molar-refractivity contribution >= 4 is 50.7 Å². The number of ether oxygens (including phenoxy) is 1. The molecular weight excluding hydrogens is 508 g/mol. The summed E-state index contributed by atoms with van der Waals surface area (Å²) in [5.41, 5.74) is -1.27. The molecule has 0 aliphatic rings. The Labute approximate surface area is 194 Å². The Morgan fingerprint density at radius 3 is 1.91 bits per heavy atom. The Morgan fingerprint density at radius 1 is 0.875 bits per heavy atom. The Bertz CT molecular complexity index is 1180. The van der Waals surface area contributed by atoms with Crippen LogP contribution in [0, 0.1) is 20.2 Å². The van der Waals surface area contributed by atoms with Gasteiger partial charge in [0, 0.05) is 28.3 Å². The fourth-order valence-corrected chi connectivity index (χ4v) is 3.46. The maximum Gasteiger partial charge on any atom is 0.339 e. The zero-order valence-electron chi connectivity index (χ0n) is 15.9. The Kier molecular flexibility index (Phi) is 6.96. The van der Waals surface area contributed by atoms with Crippen molar-refractivity contribution in [3.8, 4) is 0 Å². The molecule has 3 aromatic rings. The molecule has 0 amide bonds. The van der Waals surface area contributed by atoms with E-state index in [1.54, 1.807) is 18.2 Å². The minimum Gasteiger partial charge on any atom is -0.445 e. The van der Waals surface area contributed by atoms with E-state index in [1.165, 1.54) is 36.4 Å². The van der Waals surface area contributed by atoms with Crippen molar-refractivity contribution in [3.63, 3.8) is 0 Å². The van der Waals surface area contributed by atoms with Gasteiger partial charge in [0.1, 0.15) is 0 Å². The van der Waals surface area contributed by atoms with Crippen molar-refractivity contribution in [1.82, 2.24) is 0 Å². The van der Waals surface area contributed by atoms with Gasteiger partial charge in [0.2, 0.25) is 5.78 Å². The second kappa shape index (κ2) is 9.67. The lowest BCUT2D eigenvalue weighted by atomic mass is 9.99. The average Bonchev–Trinajstić information content (AvgIpc) is 2.78. The van der Waals surface area contributed by atoms with Gasteiger partial charge in [0.15, 0.2) is 10.6 Å². The first kappa shape index (κ1) is 23.0. The predicted octanol–water partition coefficient (Wildman–Crippen LogP) is 5.70. The summed E-state index contributed by atoms with van der Waals surface area (Å²) < 4.78 is 5.01. The molecule has 0 aromatic heterocycles. The minimum absolute atomic E-state index is 0.257. The van der Waals surface area contributed by atoms with E-state index in [1.807, 2.05) is 0 Å². The van der Waals surface area contributed by atoms with Crippen LogP contribution < -0.4 is 0 Å². The fraction of sp³-hybridized carbons (Fsp3) is 0.0476. The highest BCUT2D eigenvalue weighted by molar-refractivity contribution is 9.10. The number of esters is 1. The number of nitrogens with zero attached hydrogens (tertiary/aromatic N) is 2. The van der Waals surface area contributed by atoms with Crippen molar-refractivity contribution in [3.05, 3.63) is 113 Å². The summed E-state index contributed by atoms with van der Waals surface area (Å²) in [4.78, 5) is 46.7. The van der Waals surface area contributed by atoms with Crippen LogP contribution in [0.1, 0.15) is 32.4 Å². The first-order valence-corrected chi connectivity index (χ1v) is 10.0. The quantitative estimate of drug-likeness (QED) is 0.169. The lowest BCUT2D eigenvalue weighted by Crippen LogP contribution is -2.20. The number of rotatable bonds is 7. The second-order valence-corrected chi connectivity index (χ2v) is 7.64. The molecule has 3 aromatic carbocycles. The Balaban J connectivity index is 2.04. The number of ketones is 1. The van der Waals surface area contributed by atoms with Crippen molar-refractivity contribution in [2.45, 2.75) is 6.10 Å². The van der Waals surface area contributed by atoms with E-state index in [4.69, 9.17) is 16.3 Å². The lowest BCUT2D eigenvalue weighted by Gasteiger charge is -2.18. The number of Topliss-reactive ketones (excluding diaryl/α,β-unsaturated/α-hetero) is 1. The minimum atomic E-state index is -1.41. The van der Waals surface area contributed by atoms with Crippen molar-refractivity contribution in [1.29, 1.82) is 0 Å². The molecule has 0 aliphatic carbocycles. The van der Waals surface area contributed by atoms with Crippen molar-refractivity contribution in [2.24, 2.45) is 0 Å². The van der Waals surface area contributed by atoms with Crippen LogP contribution >= 0.6 is 27.5 Å². The number of nitro benzene ring substituents is 2. The van der Waals surface area contributed by atoms with Crippen molar-refractivity contribution in [2.75, 3.05) is 0 Å². The van der Waals surface area contributed by atoms with Crippen LogP contribution in [0.5, 0.6) is 0 Å². The topological polar surface area (TPSA) is 130 Å². The lowest BCUT2D eigenvalue weighted by molar-refractivity contribution is -0.395. The molecule has 0 bridgehead atoms. The van der Waals surface area contributed by atoms with Crippen molar-refractivity contribution < 1.29 is 24.2 Å². The molecule has 0 aliphatic heterocycles. The van der Waals surface area contributed by atoms with Gasteiger partial charge in [-0.1, -0.05) is 54.1 Å². The summed E-state index contributed by atoms with van der Waals surface area (Å²) in [7, 11) is 0. The molecule has 0 saturated carbocycles. The molecule has 162 valence electrons. The third kappa shape index (κ3) is 4.98. The molecule has 32 heavy (non-hydrogen) atoms. The SMILES string of the molecule is O=C(O[C@@H](C(=O)c1ccccc1)c1ccc(Cl)cc1)c1cc([N+](=O)[O-])c(Br)c([N+](=O)[O-])c1. The zero-order chi connectivity index (χ0) is 23.4. The second-order valence-electron chi connectivity index (χ2n) is 6.41. The van der Waals surface area contributed by atoms with Gasteiger partial charge in [-0.2, -0.15) is 0 Å². The third-order valence-electron chi connectivity index (χ3n) is 4.36. The van der Waals surface area contributed by atoms with Crippen LogP contribution in [0.3, 0.4) is 0 Å². The average molecular weight is 520 g/mol.